The van der Waals surface area contributed by atoms with Crippen LogP contribution >= 0.6 is 0 Å². The molecule has 0 aliphatic heterocycles. The third-order valence-corrected chi connectivity index (χ3v) is 7.19. The Morgan fingerprint density at radius 3 is 1.74 bits per heavy atom. The summed E-state index contributed by atoms with van der Waals surface area (Å²) in [5, 5.41) is 11.0. The van der Waals surface area contributed by atoms with Crippen molar-refractivity contribution in [1.82, 2.24) is 4.57 Å². The van der Waals surface area contributed by atoms with Gasteiger partial charge in [0.05, 0.1) is 5.69 Å². The number of phenols is 1. The van der Waals surface area contributed by atoms with Gasteiger partial charge in [-0.3, -0.25) is 0 Å². The average molecular weight is 556 g/mol. The lowest BCUT2D eigenvalue weighted by molar-refractivity contribution is 0.306. The summed E-state index contributed by atoms with van der Waals surface area (Å²) in [6, 6.07) is 42.5. The molecule has 0 spiro atoms. The highest BCUT2D eigenvalue weighted by atomic mass is 16.5. The van der Waals surface area contributed by atoms with Crippen molar-refractivity contribution in [1.29, 1.82) is 0 Å². The van der Waals surface area contributed by atoms with Gasteiger partial charge in [0.25, 0.3) is 0 Å². The quantitative estimate of drug-likeness (QED) is 0.193. The van der Waals surface area contributed by atoms with E-state index in [9.17, 15) is 5.11 Å². The smallest absolute Gasteiger partial charge is 0.120 e. The molecule has 0 fully saturated rings. The number of aryl methyl sites for hydroxylation is 1. The minimum absolute atomic E-state index is 0.267. The molecule has 1 N–H and O–H groups in total. The number of hydrogen-bond acceptors (Lipinski definition) is 3. The molecule has 42 heavy (non-hydrogen) atoms. The van der Waals surface area contributed by atoms with E-state index in [1.165, 1.54) is 5.56 Å². The molecule has 0 unspecified atom stereocenters. The van der Waals surface area contributed by atoms with Gasteiger partial charge in [-0.1, -0.05) is 86.6 Å². The summed E-state index contributed by atoms with van der Waals surface area (Å²) in [5.41, 5.74) is 7.99. The lowest BCUT2D eigenvalue weighted by Gasteiger charge is -2.13. The van der Waals surface area contributed by atoms with Gasteiger partial charge in [-0.25, -0.2) is 0 Å². The molecular formula is C38H37NO3. The molecule has 0 aliphatic rings. The Balaban J connectivity index is 0.00000173. The van der Waals surface area contributed by atoms with E-state index in [2.05, 4.69) is 60.0 Å². The minimum Gasteiger partial charge on any atom is -0.508 e. The number of nitrogens with zero attached hydrogens (tertiary/aromatic N) is 1. The van der Waals surface area contributed by atoms with Crippen LogP contribution in [0.15, 0.2) is 127 Å². The van der Waals surface area contributed by atoms with Gasteiger partial charge >= 0.3 is 0 Å². The first kappa shape index (κ1) is 28.6. The van der Waals surface area contributed by atoms with Crippen molar-refractivity contribution >= 4 is 10.9 Å². The number of aromatic nitrogens is 1. The summed E-state index contributed by atoms with van der Waals surface area (Å²) in [5.74, 6) is 1.95. The van der Waals surface area contributed by atoms with Gasteiger partial charge in [0.1, 0.15) is 30.5 Å². The molecule has 0 saturated heterocycles. The van der Waals surface area contributed by atoms with E-state index in [1.807, 2.05) is 80.6 Å². The van der Waals surface area contributed by atoms with Crippen molar-refractivity contribution in [2.24, 2.45) is 0 Å². The monoisotopic (exact) mass is 555 g/mol. The van der Waals surface area contributed by atoms with Crippen LogP contribution in [0.2, 0.25) is 0 Å². The summed E-state index contributed by atoms with van der Waals surface area (Å²) in [6.07, 6.45) is 0. The molecule has 6 rings (SSSR count). The molecule has 1 aromatic heterocycles. The highest BCUT2D eigenvalue weighted by Gasteiger charge is 2.17. The fourth-order valence-corrected chi connectivity index (χ4v) is 5.10. The summed E-state index contributed by atoms with van der Waals surface area (Å²) in [7, 11) is 0. The van der Waals surface area contributed by atoms with Gasteiger partial charge in [0.2, 0.25) is 0 Å². The van der Waals surface area contributed by atoms with Crippen LogP contribution in [0.3, 0.4) is 0 Å². The van der Waals surface area contributed by atoms with Crippen LogP contribution in [-0.2, 0) is 19.8 Å². The topological polar surface area (TPSA) is 43.6 Å². The number of fused-ring (bicyclic) bond motifs is 1. The Kier molecular flexibility index (Phi) is 9.25. The Morgan fingerprint density at radius 1 is 0.595 bits per heavy atom. The molecule has 0 bridgehead atoms. The molecule has 6 aromatic rings. The zero-order valence-corrected chi connectivity index (χ0v) is 24.5. The van der Waals surface area contributed by atoms with Crippen LogP contribution in [0.25, 0.3) is 22.2 Å². The van der Waals surface area contributed by atoms with E-state index < -0.39 is 0 Å². The van der Waals surface area contributed by atoms with Crippen LogP contribution in [0.4, 0.5) is 0 Å². The number of hydrogen-bond donors (Lipinski definition) is 1. The van der Waals surface area contributed by atoms with Crippen molar-refractivity contribution in [3.63, 3.8) is 0 Å². The van der Waals surface area contributed by atoms with E-state index in [0.717, 1.165) is 50.3 Å². The van der Waals surface area contributed by atoms with Crippen LogP contribution in [0.1, 0.15) is 36.1 Å². The van der Waals surface area contributed by atoms with Gasteiger partial charge in [-0.05, 0) is 89.3 Å². The maximum absolute atomic E-state index is 9.80. The number of rotatable bonds is 9. The Morgan fingerprint density at radius 2 is 1.14 bits per heavy atom. The second kappa shape index (κ2) is 13.6. The highest BCUT2D eigenvalue weighted by molar-refractivity contribution is 5.92. The van der Waals surface area contributed by atoms with Crippen molar-refractivity contribution < 1.29 is 14.6 Å². The standard InChI is InChI=1S/C36H31NO3.C2H6/c1-26-34-22-33(40-25-29-10-6-3-7-11-29)20-21-35(34)37(23-27-12-16-31(38)17-13-27)36(26)30-14-18-32(19-15-30)39-24-28-8-4-2-5-9-28;1-2/h2-22,38H,23-25H2,1H3;1-2H3. The molecule has 4 heteroatoms. The third-order valence-electron chi connectivity index (χ3n) is 7.19. The molecule has 0 amide bonds. The zero-order chi connectivity index (χ0) is 29.3. The predicted octanol–water partition coefficient (Wildman–Crippen LogP) is 9.55. The van der Waals surface area contributed by atoms with Gasteiger partial charge in [-0.15, -0.1) is 0 Å². The van der Waals surface area contributed by atoms with E-state index in [0.29, 0.717) is 19.8 Å². The minimum atomic E-state index is 0.267. The van der Waals surface area contributed by atoms with E-state index in [4.69, 9.17) is 9.47 Å². The molecule has 212 valence electrons. The lowest BCUT2D eigenvalue weighted by Crippen LogP contribution is -2.02. The lowest BCUT2D eigenvalue weighted by atomic mass is 10.1. The van der Waals surface area contributed by atoms with Crippen LogP contribution < -0.4 is 9.47 Å². The molecule has 5 aromatic carbocycles. The molecular weight excluding hydrogens is 518 g/mol. The van der Waals surface area contributed by atoms with Crippen molar-refractivity contribution in [3.05, 3.63) is 150 Å². The molecule has 0 aliphatic carbocycles. The summed E-state index contributed by atoms with van der Waals surface area (Å²) in [4.78, 5) is 0. The summed E-state index contributed by atoms with van der Waals surface area (Å²) >= 11 is 0. The SMILES string of the molecule is CC.Cc1c(-c2ccc(OCc3ccccc3)cc2)n(Cc2ccc(O)cc2)c2ccc(OCc3ccccc3)cc12. The highest BCUT2D eigenvalue weighted by Crippen LogP contribution is 2.37. The van der Waals surface area contributed by atoms with Crippen LogP contribution in [0.5, 0.6) is 17.2 Å². The maximum Gasteiger partial charge on any atom is 0.120 e. The molecule has 0 atom stereocenters. The Bertz CT molecular complexity index is 1710. The summed E-state index contributed by atoms with van der Waals surface area (Å²) in [6.45, 7) is 7.91. The van der Waals surface area contributed by atoms with E-state index in [-0.39, 0.29) is 5.75 Å². The normalized spacial score (nSPS) is 10.6. The van der Waals surface area contributed by atoms with Crippen molar-refractivity contribution in [3.8, 4) is 28.5 Å². The fraction of sp³-hybridized carbons (Fsp3) is 0.158. The van der Waals surface area contributed by atoms with Crippen molar-refractivity contribution in [2.45, 2.75) is 40.5 Å². The largest absolute Gasteiger partial charge is 0.508 e. The van der Waals surface area contributed by atoms with Crippen LogP contribution in [-0.4, -0.2) is 9.67 Å². The number of ether oxygens (including phenoxy) is 2. The molecule has 0 saturated carbocycles. The van der Waals surface area contributed by atoms with Crippen LogP contribution in [0, 0.1) is 6.92 Å². The van der Waals surface area contributed by atoms with Gasteiger partial charge in [0.15, 0.2) is 0 Å². The maximum atomic E-state index is 9.80. The van der Waals surface area contributed by atoms with Crippen molar-refractivity contribution in [2.75, 3.05) is 0 Å². The van der Waals surface area contributed by atoms with Gasteiger partial charge in [-0.2, -0.15) is 0 Å². The second-order valence-corrected chi connectivity index (χ2v) is 9.98. The second-order valence-electron chi connectivity index (χ2n) is 9.98. The zero-order valence-electron chi connectivity index (χ0n) is 24.5. The molecule has 0 radical (unpaired) electrons. The number of benzene rings is 5. The fourth-order valence-electron chi connectivity index (χ4n) is 5.10. The Labute approximate surface area is 248 Å². The van der Waals surface area contributed by atoms with E-state index >= 15 is 0 Å². The predicted molar refractivity (Wildman–Crippen MR) is 172 cm³/mol. The number of aromatic hydroxyl groups is 1. The average Bonchev–Trinajstić information content (AvgIpc) is 3.32. The van der Waals surface area contributed by atoms with E-state index in [1.54, 1.807) is 12.1 Å². The third kappa shape index (κ3) is 6.67. The molecule has 1 heterocycles. The van der Waals surface area contributed by atoms with Gasteiger partial charge < -0.3 is 19.1 Å². The number of phenolic OH excluding ortho intramolecular Hbond substituents is 1. The first-order valence-corrected chi connectivity index (χ1v) is 14.5. The molecule has 4 nitrogen and oxygen atoms in total. The summed E-state index contributed by atoms with van der Waals surface area (Å²) < 4.78 is 14.6. The first-order valence-electron chi connectivity index (χ1n) is 14.5. The first-order chi connectivity index (χ1) is 20.6. The Hall–Kier alpha value is -4.96. The van der Waals surface area contributed by atoms with Gasteiger partial charge in [0, 0.05) is 17.4 Å².